The Morgan fingerprint density at radius 3 is 2.73 bits per heavy atom. The van der Waals surface area contributed by atoms with E-state index in [1.807, 2.05) is 0 Å². The first-order valence-electron chi connectivity index (χ1n) is 10.4. The molecule has 7 heteroatoms. The Kier molecular flexibility index (Phi) is 5.90. The fraction of sp³-hybridized carbons (Fsp3) is 0.391. The van der Waals surface area contributed by atoms with E-state index in [9.17, 15) is 9.59 Å². The Morgan fingerprint density at radius 2 is 2.07 bits per heavy atom. The highest BCUT2D eigenvalue weighted by atomic mass is 16.5. The molecule has 0 spiro atoms. The zero-order valence-electron chi connectivity index (χ0n) is 17.3. The molecule has 1 atom stereocenters. The summed E-state index contributed by atoms with van der Waals surface area (Å²) in [5.74, 6) is 0.0507. The van der Waals surface area contributed by atoms with E-state index in [0.29, 0.717) is 29.6 Å². The van der Waals surface area contributed by atoms with Gasteiger partial charge in [-0.2, -0.15) is 0 Å². The van der Waals surface area contributed by atoms with Gasteiger partial charge in [0.15, 0.2) is 0 Å². The van der Waals surface area contributed by atoms with Gasteiger partial charge in [0.25, 0.3) is 0 Å². The molecule has 0 saturated heterocycles. The molecule has 2 amide bonds. The molecule has 1 aliphatic carbocycles. The summed E-state index contributed by atoms with van der Waals surface area (Å²) in [7, 11) is 0. The topological polar surface area (TPSA) is 83.8 Å². The van der Waals surface area contributed by atoms with Crippen LogP contribution in [0.4, 0.5) is 4.79 Å². The summed E-state index contributed by atoms with van der Waals surface area (Å²) in [5.41, 5.74) is 3.38. The van der Waals surface area contributed by atoms with Crippen molar-refractivity contribution >= 4 is 12.0 Å². The third kappa shape index (κ3) is 4.57. The van der Waals surface area contributed by atoms with E-state index in [1.165, 1.54) is 17.4 Å². The Balaban J connectivity index is 1.66. The maximum Gasteiger partial charge on any atom is 0.338 e. The predicted octanol–water partition coefficient (Wildman–Crippen LogP) is 3.42. The number of carbonyl (C=O) groups excluding carboxylic acids is 2. The van der Waals surface area contributed by atoms with Crippen molar-refractivity contribution in [1.29, 1.82) is 0 Å². The normalized spacial score (nSPS) is 18.9. The first kappa shape index (κ1) is 20.2. The summed E-state index contributed by atoms with van der Waals surface area (Å²) < 4.78 is 10.8. The van der Waals surface area contributed by atoms with Gasteiger partial charge in [-0.15, -0.1) is 0 Å². The number of rotatable bonds is 8. The number of ether oxygens (including phenoxy) is 1. The second-order valence-corrected chi connectivity index (χ2v) is 7.78. The largest absolute Gasteiger partial charge is 0.467 e. The Hall–Kier alpha value is -3.06. The SMILES string of the molecule is CCOC(=O)C1=C(CN(Cc2cccc(C)c2)C2CC2)NC(=O)NC1c1ccco1. The first-order valence-corrected chi connectivity index (χ1v) is 10.4. The summed E-state index contributed by atoms with van der Waals surface area (Å²) in [6.07, 6.45) is 3.75. The van der Waals surface area contributed by atoms with Crippen molar-refractivity contribution in [2.45, 2.75) is 45.3 Å². The zero-order chi connectivity index (χ0) is 21.1. The highest BCUT2D eigenvalue weighted by molar-refractivity contribution is 5.95. The molecule has 2 aliphatic rings. The van der Waals surface area contributed by atoms with Crippen LogP contribution in [0.25, 0.3) is 0 Å². The predicted molar refractivity (Wildman–Crippen MR) is 111 cm³/mol. The van der Waals surface area contributed by atoms with E-state index in [-0.39, 0.29) is 12.6 Å². The highest BCUT2D eigenvalue weighted by Gasteiger charge is 2.37. The first-order chi connectivity index (χ1) is 14.5. The molecule has 2 N–H and O–H groups in total. The van der Waals surface area contributed by atoms with Crippen molar-refractivity contribution < 1.29 is 18.7 Å². The van der Waals surface area contributed by atoms with Crippen molar-refractivity contribution in [3.8, 4) is 0 Å². The molecule has 2 aromatic rings. The number of aryl methyl sites for hydroxylation is 1. The smallest absolute Gasteiger partial charge is 0.338 e. The van der Waals surface area contributed by atoms with Gasteiger partial charge in [-0.1, -0.05) is 29.8 Å². The van der Waals surface area contributed by atoms with Gasteiger partial charge in [-0.3, -0.25) is 4.90 Å². The van der Waals surface area contributed by atoms with Crippen LogP contribution in [0.3, 0.4) is 0 Å². The van der Waals surface area contributed by atoms with Gasteiger partial charge >= 0.3 is 12.0 Å². The summed E-state index contributed by atoms with van der Waals surface area (Å²) in [6.45, 7) is 5.30. The van der Waals surface area contributed by atoms with Crippen molar-refractivity contribution in [1.82, 2.24) is 15.5 Å². The van der Waals surface area contributed by atoms with Crippen LogP contribution < -0.4 is 10.6 Å². The van der Waals surface area contributed by atoms with Crippen molar-refractivity contribution in [3.05, 3.63) is 70.8 Å². The van der Waals surface area contributed by atoms with Crippen molar-refractivity contribution in [2.24, 2.45) is 0 Å². The molecule has 2 heterocycles. The van der Waals surface area contributed by atoms with Gasteiger partial charge in [0, 0.05) is 24.8 Å². The number of hydrogen-bond acceptors (Lipinski definition) is 5. The van der Waals surface area contributed by atoms with Gasteiger partial charge < -0.3 is 19.8 Å². The molecular weight excluding hydrogens is 382 g/mol. The fourth-order valence-electron chi connectivity index (χ4n) is 3.86. The lowest BCUT2D eigenvalue weighted by Gasteiger charge is -2.31. The molecule has 30 heavy (non-hydrogen) atoms. The molecule has 1 unspecified atom stereocenters. The van der Waals surface area contributed by atoms with Crippen molar-refractivity contribution in [3.63, 3.8) is 0 Å². The number of benzene rings is 1. The summed E-state index contributed by atoms with van der Waals surface area (Å²) in [6, 6.07) is 11.3. The molecule has 158 valence electrons. The summed E-state index contributed by atoms with van der Waals surface area (Å²) in [4.78, 5) is 27.6. The third-order valence-electron chi connectivity index (χ3n) is 5.37. The van der Waals surface area contributed by atoms with Gasteiger partial charge in [0.1, 0.15) is 11.8 Å². The van der Waals surface area contributed by atoms with Crippen LogP contribution in [0.5, 0.6) is 0 Å². The Labute approximate surface area is 176 Å². The second kappa shape index (κ2) is 8.75. The number of amides is 2. The van der Waals surface area contributed by atoms with Gasteiger partial charge in [-0.05, 0) is 44.4 Å². The second-order valence-electron chi connectivity index (χ2n) is 7.78. The molecule has 4 rings (SSSR count). The Morgan fingerprint density at radius 1 is 1.23 bits per heavy atom. The lowest BCUT2D eigenvalue weighted by molar-refractivity contribution is -0.139. The molecule has 7 nitrogen and oxygen atoms in total. The van der Waals surface area contributed by atoms with Crippen LogP contribution in [0.1, 0.15) is 42.7 Å². The van der Waals surface area contributed by atoms with E-state index in [4.69, 9.17) is 9.15 Å². The van der Waals surface area contributed by atoms with Crippen LogP contribution in [0.2, 0.25) is 0 Å². The van der Waals surface area contributed by atoms with Gasteiger partial charge in [-0.25, -0.2) is 9.59 Å². The van der Waals surface area contributed by atoms with E-state index in [0.717, 1.165) is 19.4 Å². The summed E-state index contributed by atoms with van der Waals surface area (Å²) in [5, 5.41) is 5.65. The number of carbonyl (C=O) groups is 2. The number of nitrogens with zero attached hydrogens (tertiary/aromatic N) is 1. The summed E-state index contributed by atoms with van der Waals surface area (Å²) >= 11 is 0. The molecule has 1 aliphatic heterocycles. The maximum absolute atomic E-state index is 12.9. The Bertz CT molecular complexity index is 947. The van der Waals surface area contributed by atoms with Crippen LogP contribution in [-0.4, -0.2) is 36.1 Å². The molecular formula is C23H27N3O4. The zero-order valence-corrected chi connectivity index (χ0v) is 17.3. The monoisotopic (exact) mass is 409 g/mol. The molecule has 0 radical (unpaired) electrons. The van der Waals surface area contributed by atoms with Crippen LogP contribution in [0, 0.1) is 6.92 Å². The number of furan rings is 1. The minimum absolute atomic E-state index is 0.254. The van der Waals surface area contributed by atoms with Gasteiger partial charge in [0.05, 0.1) is 18.4 Å². The quantitative estimate of drug-likeness (QED) is 0.653. The van der Waals surface area contributed by atoms with Crippen LogP contribution >= 0.6 is 0 Å². The van der Waals surface area contributed by atoms with Gasteiger partial charge in [0.2, 0.25) is 0 Å². The van der Waals surface area contributed by atoms with Crippen LogP contribution in [-0.2, 0) is 16.1 Å². The van der Waals surface area contributed by atoms with E-state index < -0.39 is 12.0 Å². The maximum atomic E-state index is 12.9. The molecule has 0 bridgehead atoms. The van der Waals surface area contributed by atoms with Crippen molar-refractivity contribution in [2.75, 3.05) is 13.2 Å². The van der Waals surface area contributed by atoms with Crippen LogP contribution in [0.15, 0.2) is 58.3 Å². The number of hydrogen-bond donors (Lipinski definition) is 2. The number of nitrogens with one attached hydrogen (secondary N) is 2. The fourth-order valence-corrected chi connectivity index (χ4v) is 3.86. The minimum atomic E-state index is -0.678. The standard InChI is InChI=1S/C23H27N3O4/c1-3-29-22(27)20-18(24-23(28)25-21(20)19-8-5-11-30-19)14-26(17-9-10-17)13-16-7-4-6-15(2)12-16/h4-8,11-12,17,21H,3,9-10,13-14H2,1-2H3,(H2,24,25,28). The highest BCUT2D eigenvalue weighted by Crippen LogP contribution is 2.32. The van der Waals surface area contributed by atoms with E-state index >= 15 is 0 Å². The average molecular weight is 409 g/mol. The lowest BCUT2D eigenvalue weighted by atomic mass is 9.99. The molecule has 1 saturated carbocycles. The minimum Gasteiger partial charge on any atom is -0.467 e. The molecule has 1 aromatic carbocycles. The number of esters is 1. The average Bonchev–Trinajstić information content (AvgIpc) is 3.41. The number of urea groups is 1. The lowest BCUT2D eigenvalue weighted by Crippen LogP contribution is -2.48. The van der Waals surface area contributed by atoms with E-state index in [1.54, 1.807) is 19.1 Å². The molecule has 1 fully saturated rings. The third-order valence-corrected chi connectivity index (χ3v) is 5.37. The molecule has 1 aromatic heterocycles. The van der Waals surface area contributed by atoms with E-state index in [2.05, 4.69) is 46.7 Å².